The van der Waals surface area contributed by atoms with Gasteiger partial charge in [0.25, 0.3) is 0 Å². The van der Waals surface area contributed by atoms with Crippen molar-refractivity contribution < 1.29 is 4.79 Å². The number of hydrogen-bond donors (Lipinski definition) is 1. The van der Waals surface area contributed by atoms with Gasteiger partial charge in [0, 0.05) is 31.3 Å². The van der Waals surface area contributed by atoms with Crippen molar-refractivity contribution in [1.29, 1.82) is 0 Å². The lowest BCUT2D eigenvalue weighted by molar-refractivity contribution is -0.121. The van der Waals surface area contributed by atoms with E-state index in [0.717, 1.165) is 22.6 Å². The molecule has 1 amide bonds. The molecular weight excluding hydrogens is 360 g/mol. The van der Waals surface area contributed by atoms with Crippen LogP contribution in [-0.4, -0.2) is 27.0 Å². The number of imidazole rings is 1. The van der Waals surface area contributed by atoms with E-state index in [1.807, 2.05) is 47.0 Å². The number of fused-ring (bicyclic) bond motifs is 1. The summed E-state index contributed by atoms with van der Waals surface area (Å²) >= 11 is 0. The number of nitrogens with one attached hydrogen (secondary N) is 1. The average Bonchev–Trinajstić information content (AvgIpc) is 3.06. The third kappa shape index (κ3) is 4.69. The highest BCUT2D eigenvalue weighted by atomic mass is 16.1. The molecule has 0 atom stereocenters. The molecule has 29 heavy (non-hydrogen) atoms. The van der Waals surface area contributed by atoms with Crippen LogP contribution < -0.4 is 5.32 Å². The van der Waals surface area contributed by atoms with Crippen LogP contribution in [0, 0.1) is 6.92 Å². The molecule has 0 bridgehead atoms. The highest BCUT2D eigenvalue weighted by molar-refractivity contribution is 5.81. The van der Waals surface area contributed by atoms with Gasteiger partial charge in [-0.15, -0.1) is 0 Å². The van der Waals surface area contributed by atoms with Crippen LogP contribution in [0.4, 0.5) is 0 Å². The molecule has 0 saturated carbocycles. The van der Waals surface area contributed by atoms with Gasteiger partial charge < -0.3 is 9.88 Å². The molecule has 146 valence electrons. The molecule has 0 radical (unpaired) electrons. The molecule has 4 aromatic rings. The van der Waals surface area contributed by atoms with Crippen LogP contribution in [0.2, 0.25) is 0 Å². The molecule has 0 saturated heterocycles. The maximum atomic E-state index is 12.6. The number of aromatic nitrogens is 3. The smallest absolute Gasteiger partial charge is 0.240 e. The van der Waals surface area contributed by atoms with E-state index in [-0.39, 0.29) is 12.5 Å². The average molecular weight is 384 g/mol. The number of amides is 1. The van der Waals surface area contributed by atoms with Gasteiger partial charge in [-0.2, -0.15) is 0 Å². The number of rotatable bonds is 7. The summed E-state index contributed by atoms with van der Waals surface area (Å²) in [7, 11) is 0. The first kappa shape index (κ1) is 18.9. The van der Waals surface area contributed by atoms with Gasteiger partial charge in [-0.25, -0.2) is 4.98 Å². The lowest BCUT2D eigenvalue weighted by Gasteiger charge is -2.10. The number of benzene rings is 2. The standard InChI is InChI=1S/C24H24N4O/c1-18-7-6-8-19(15-18)16-23-27-21-10-2-3-11-22(21)28(23)17-24(29)26-14-12-20-9-4-5-13-25-20/h2-11,13,15H,12,14,16-17H2,1H3,(H,26,29). The van der Waals surface area contributed by atoms with Gasteiger partial charge in [-0.05, 0) is 36.8 Å². The second-order valence-electron chi connectivity index (χ2n) is 7.19. The fraction of sp³-hybridized carbons (Fsp3) is 0.208. The topological polar surface area (TPSA) is 59.8 Å². The molecule has 0 spiro atoms. The Morgan fingerprint density at radius 2 is 1.90 bits per heavy atom. The van der Waals surface area contributed by atoms with E-state index in [1.54, 1.807) is 6.20 Å². The molecule has 2 aromatic heterocycles. The Balaban J connectivity index is 1.50. The van der Waals surface area contributed by atoms with Crippen molar-refractivity contribution in [2.75, 3.05) is 6.54 Å². The Morgan fingerprint density at radius 3 is 2.72 bits per heavy atom. The van der Waals surface area contributed by atoms with Crippen molar-refractivity contribution >= 4 is 16.9 Å². The molecule has 4 rings (SSSR count). The van der Waals surface area contributed by atoms with Gasteiger partial charge in [0.15, 0.2) is 0 Å². The lowest BCUT2D eigenvalue weighted by atomic mass is 10.1. The van der Waals surface area contributed by atoms with E-state index in [1.165, 1.54) is 11.1 Å². The fourth-order valence-corrected chi connectivity index (χ4v) is 3.52. The first-order chi connectivity index (χ1) is 14.2. The Kier molecular flexibility index (Phi) is 5.66. The van der Waals surface area contributed by atoms with Gasteiger partial charge in [0.1, 0.15) is 12.4 Å². The van der Waals surface area contributed by atoms with E-state index in [9.17, 15) is 4.79 Å². The van der Waals surface area contributed by atoms with Gasteiger partial charge in [-0.3, -0.25) is 9.78 Å². The molecule has 0 unspecified atom stereocenters. The maximum absolute atomic E-state index is 12.6. The van der Waals surface area contributed by atoms with Crippen LogP contribution in [0.5, 0.6) is 0 Å². The first-order valence-corrected chi connectivity index (χ1v) is 9.85. The molecule has 0 aliphatic heterocycles. The predicted molar refractivity (Wildman–Crippen MR) is 115 cm³/mol. The number of para-hydroxylation sites is 2. The molecule has 5 nitrogen and oxygen atoms in total. The van der Waals surface area contributed by atoms with E-state index in [4.69, 9.17) is 4.98 Å². The van der Waals surface area contributed by atoms with Crippen LogP contribution in [0.15, 0.2) is 72.9 Å². The number of nitrogens with zero attached hydrogens (tertiary/aromatic N) is 3. The monoisotopic (exact) mass is 384 g/mol. The third-order valence-corrected chi connectivity index (χ3v) is 4.91. The second-order valence-corrected chi connectivity index (χ2v) is 7.19. The Morgan fingerprint density at radius 1 is 1.03 bits per heavy atom. The van der Waals surface area contributed by atoms with Crippen molar-refractivity contribution in [1.82, 2.24) is 19.9 Å². The van der Waals surface area contributed by atoms with Gasteiger partial charge in [0.05, 0.1) is 11.0 Å². The zero-order valence-electron chi connectivity index (χ0n) is 16.5. The summed E-state index contributed by atoms with van der Waals surface area (Å²) in [6.45, 7) is 2.90. The SMILES string of the molecule is Cc1cccc(Cc2nc3ccccc3n2CC(=O)NCCc2ccccn2)c1. The molecule has 0 fully saturated rings. The van der Waals surface area contributed by atoms with Crippen LogP contribution in [0.3, 0.4) is 0 Å². The highest BCUT2D eigenvalue weighted by Gasteiger charge is 2.14. The van der Waals surface area contributed by atoms with Crippen LogP contribution in [-0.2, 0) is 24.2 Å². The van der Waals surface area contributed by atoms with Crippen molar-refractivity contribution in [2.45, 2.75) is 26.3 Å². The quantitative estimate of drug-likeness (QED) is 0.529. The van der Waals surface area contributed by atoms with Crippen molar-refractivity contribution in [2.24, 2.45) is 0 Å². The van der Waals surface area contributed by atoms with Gasteiger partial charge in [-0.1, -0.05) is 48.0 Å². The van der Waals surface area contributed by atoms with Crippen molar-refractivity contribution in [3.05, 3.63) is 95.6 Å². The number of hydrogen-bond acceptors (Lipinski definition) is 3. The van der Waals surface area contributed by atoms with E-state index in [2.05, 4.69) is 41.5 Å². The number of pyridine rings is 1. The minimum atomic E-state index is -0.0189. The van der Waals surface area contributed by atoms with E-state index < -0.39 is 0 Å². The molecule has 0 aliphatic carbocycles. The fourth-order valence-electron chi connectivity index (χ4n) is 3.52. The van der Waals surface area contributed by atoms with Gasteiger partial charge in [0.2, 0.25) is 5.91 Å². The summed E-state index contributed by atoms with van der Waals surface area (Å²) in [5.74, 6) is 0.881. The largest absolute Gasteiger partial charge is 0.354 e. The zero-order valence-corrected chi connectivity index (χ0v) is 16.5. The third-order valence-electron chi connectivity index (χ3n) is 4.91. The molecule has 0 aliphatic rings. The highest BCUT2D eigenvalue weighted by Crippen LogP contribution is 2.19. The maximum Gasteiger partial charge on any atom is 0.240 e. The summed E-state index contributed by atoms with van der Waals surface area (Å²) in [6.07, 6.45) is 3.18. The van der Waals surface area contributed by atoms with Crippen molar-refractivity contribution in [3.8, 4) is 0 Å². The molecule has 2 aromatic carbocycles. The van der Waals surface area contributed by atoms with Crippen molar-refractivity contribution in [3.63, 3.8) is 0 Å². The number of carbonyl (C=O) groups excluding carboxylic acids is 1. The summed E-state index contributed by atoms with van der Waals surface area (Å²) in [6, 6.07) is 22.2. The molecular formula is C24H24N4O. The zero-order chi connectivity index (χ0) is 20.1. The van der Waals surface area contributed by atoms with Crippen LogP contribution in [0.1, 0.15) is 22.6 Å². The summed E-state index contributed by atoms with van der Waals surface area (Å²) in [5.41, 5.74) is 5.28. The van der Waals surface area contributed by atoms with E-state index >= 15 is 0 Å². The summed E-state index contributed by atoms with van der Waals surface area (Å²) < 4.78 is 2.02. The summed E-state index contributed by atoms with van der Waals surface area (Å²) in [4.78, 5) is 21.7. The number of carbonyl (C=O) groups is 1. The minimum absolute atomic E-state index is 0.0189. The van der Waals surface area contributed by atoms with Gasteiger partial charge >= 0.3 is 0 Å². The summed E-state index contributed by atoms with van der Waals surface area (Å²) in [5, 5.41) is 3.01. The molecule has 2 heterocycles. The van der Waals surface area contributed by atoms with E-state index in [0.29, 0.717) is 19.4 Å². The molecule has 5 heteroatoms. The normalized spacial score (nSPS) is 10.9. The second kappa shape index (κ2) is 8.69. The Labute approximate surface area is 170 Å². The predicted octanol–water partition coefficient (Wildman–Crippen LogP) is 3.69. The number of aryl methyl sites for hydroxylation is 1. The Hall–Kier alpha value is -3.47. The lowest BCUT2D eigenvalue weighted by Crippen LogP contribution is -2.30. The van der Waals surface area contributed by atoms with Crippen LogP contribution in [0.25, 0.3) is 11.0 Å². The van der Waals surface area contributed by atoms with Crippen LogP contribution >= 0.6 is 0 Å². The Bertz CT molecular complexity index is 1120. The minimum Gasteiger partial charge on any atom is -0.354 e. The molecule has 1 N–H and O–H groups in total. The first-order valence-electron chi connectivity index (χ1n) is 9.85.